The minimum absolute atomic E-state index is 0.169. The second kappa shape index (κ2) is 4.85. The van der Waals surface area contributed by atoms with E-state index in [2.05, 4.69) is 0 Å². The molecule has 3 rings (SSSR count). The zero-order valence-corrected chi connectivity index (χ0v) is 11.8. The van der Waals surface area contributed by atoms with Crippen LogP contribution in [-0.2, 0) is 11.2 Å². The molecule has 1 aliphatic heterocycles. The third-order valence-electron chi connectivity index (χ3n) is 3.65. The number of hydrogen-bond donors (Lipinski definition) is 1. The fourth-order valence-electron chi connectivity index (χ4n) is 2.36. The molecule has 0 bridgehead atoms. The summed E-state index contributed by atoms with van der Waals surface area (Å²) in [5.74, 6) is -0.423. The molecule has 102 valence electrons. The molecule has 0 spiro atoms. The molecule has 2 N–H and O–H groups in total. The molecule has 1 unspecified atom stereocenters. The standard InChI is InChI=1S/C15H14N2O2S/c1-17-13(18)7-9-2-3-10(6-12(9)15(17)19)14(16)11-4-5-20-8-11/h2-6,8,14H,7,16H2,1H3. The monoisotopic (exact) mass is 286 g/mol. The second-order valence-electron chi connectivity index (χ2n) is 4.89. The van der Waals surface area contributed by atoms with E-state index in [4.69, 9.17) is 5.73 Å². The maximum Gasteiger partial charge on any atom is 0.260 e. The number of hydrogen-bond acceptors (Lipinski definition) is 4. The first-order valence-electron chi connectivity index (χ1n) is 6.29. The molecular weight excluding hydrogens is 272 g/mol. The van der Waals surface area contributed by atoms with E-state index >= 15 is 0 Å². The van der Waals surface area contributed by atoms with Crippen LogP contribution in [0.2, 0.25) is 0 Å². The van der Waals surface area contributed by atoms with Crippen LogP contribution in [0.5, 0.6) is 0 Å². The highest BCUT2D eigenvalue weighted by Crippen LogP contribution is 2.26. The summed E-state index contributed by atoms with van der Waals surface area (Å²) in [5, 5.41) is 3.98. The van der Waals surface area contributed by atoms with Gasteiger partial charge in [-0.15, -0.1) is 0 Å². The predicted molar refractivity (Wildman–Crippen MR) is 77.6 cm³/mol. The topological polar surface area (TPSA) is 63.4 Å². The molecule has 20 heavy (non-hydrogen) atoms. The largest absolute Gasteiger partial charge is 0.320 e. The first-order valence-corrected chi connectivity index (χ1v) is 7.23. The summed E-state index contributed by atoms with van der Waals surface area (Å²) in [4.78, 5) is 25.0. The van der Waals surface area contributed by atoms with Crippen molar-refractivity contribution in [3.8, 4) is 0 Å². The van der Waals surface area contributed by atoms with Crippen LogP contribution in [0.1, 0.15) is 33.1 Å². The third-order valence-corrected chi connectivity index (χ3v) is 4.35. The summed E-state index contributed by atoms with van der Waals surface area (Å²) in [6, 6.07) is 7.27. The average Bonchev–Trinajstić information content (AvgIpc) is 2.98. The van der Waals surface area contributed by atoms with Gasteiger partial charge >= 0.3 is 0 Å². The normalized spacial score (nSPS) is 16.2. The van der Waals surface area contributed by atoms with Crippen LogP contribution in [0.15, 0.2) is 35.0 Å². The van der Waals surface area contributed by atoms with E-state index in [1.54, 1.807) is 11.3 Å². The van der Waals surface area contributed by atoms with E-state index in [9.17, 15) is 9.59 Å². The van der Waals surface area contributed by atoms with Gasteiger partial charge in [0.05, 0.1) is 12.5 Å². The van der Waals surface area contributed by atoms with Crippen molar-refractivity contribution in [3.05, 3.63) is 57.3 Å². The Balaban J connectivity index is 2.01. The summed E-state index contributed by atoms with van der Waals surface area (Å²) in [6.07, 6.45) is 0.269. The Hall–Kier alpha value is -1.98. The Morgan fingerprint density at radius 3 is 2.75 bits per heavy atom. The van der Waals surface area contributed by atoms with Gasteiger partial charge in [-0.3, -0.25) is 14.5 Å². The zero-order chi connectivity index (χ0) is 14.3. The van der Waals surface area contributed by atoms with Crippen molar-refractivity contribution in [1.82, 2.24) is 4.90 Å². The highest BCUT2D eigenvalue weighted by Gasteiger charge is 2.28. The lowest BCUT2D eigenvalue weighted by Crippen LogP contribution is -2.39. The Labute approximate surface area is 120 Å². The third kappa shape index (κ3) is 2.05. The maximum absolute atomic E-state index is 12.2. The highest BCUT2D eigenvalue weighted by atomic mass is 32.1. The quantitative estimate of drug-likeness (QED) is 0.858. The van der Waals surface area contributed by atoms with E-state index in [1.807, 2.05) is 35.0 Å². The predicted octanol–water partition coefficient (Wildman–Crippen LogP) is 1.95. The van der Waals surface area contributed by atoms with Gasteiger partial charge in [0.15, 0.2) is 0 Å². The maximum atomic E-state index is 12.2. The van der Waals surface area contributed by atoms with Crippen molar-refractivity contribution in [2.75, 3.05) is 7.05 Å². The van der Waals surface area contributed by atoms with Gasteiger partial charge in [-0.25, -0.2) is 0 Å². The summed E-state index contributed by atoms with van der Waals surface area (Å²) >= 11 is 1.59. The SMILES string of the molecule is CN1C(=O)Cc2ccc(C(N)c3ccsc3)cc2C1=O. The number of carbonyl (C=O) groups is 2. The summed E-state index contributed by atoms with van der Waals surface area (Å²) in [7, 11) is 1.51. The van der Waals surface area contributed by atoms with Gasteiger partial charge < -0.3 is 5.73 Å². The molecule has 0 radical (unpaired) electrons. The van der Waals surface area contributed by atoms with Crippen molar-refractivity contribution < 1.29 is 9.59 Å². The fraction of sp³-hybridized carbons (Fsp3) is 0.200. The van der Waals surface area contributed by atoms with Crippen molar-refractivity contribution in [2.45, 2.75) is 12.5 Å². The smallest absolute Gasteiger partial charge is 0.260 e. The van der Waals surface area contributed by atoms with Gasteiger partial charge in [-0.2, -0.15) is 11.3 Å². The first-order chi connectivity index (χ1) is 9.58. The molecule has 0 aliphatic carbocycles. The van der Waals surface area contributed by atoms with Crippen molar-refractivity contribution in [1.29, 1.82) is 0 Å². The number of rotatable bonds is 2. The van der Waals surface area contributed by atoms with Gasteiger partial charge in [-0.05, 0) is 39.6 Å². The van der Waals surface area contributed by atoms with Crippen molar-refractivity contribution in [3.63, 3.8) is 0 Å². The van der Waals surface area contributed by atoms with Gasteiger partial charge in [0.2, 0.25) is 5.91 Å². The molecule has 1 atom stereocenters. The molecule has 1 aromatic heterocycles. The summed E-state index contributed by atoms with van der Waals surface area (Å²) in [6.45, 7) is 0. The first kappa shape index (κ1) is 13.0. The van der Waals surface area contributed by atoms with Gasteiger partial charge in [0.1, 0.15) is 0 Å². The van der Waals surface area contributed by atoms with Gasteiger partial charge in [0, 0.05) is 12.6 Å². The van der Waals surface area contributed by atoms with Crippen molar-refractivity contribution >= 4 is 23.2 Å². The molecule has 1 aliphatic rings. The molecular formula is C15H14N2O2S. The van der Waals surface area contributed by atoms with E-state index in [-0.39, 0.29) is 24.3 Å². The average molecular weight is 286 g/mol. The molecule has 1 aromatic carbocycles. The lowest BCUT2D eigenvalue weighted by atomic mass is 9.93. The van der Waals surface area contributed by atoms with Crippen molar-refractivity contribution in [2.24, 2.45) is 5.73 Å². The minimum atomic E-state index is -0.254. The molecule has 0 fully saturated rings. The molecule has 0 saturated heterocycles. The molecule has 4 nitrogen and oxygen atoms in total. The lowest BCUT2D eigenvalue weighted by molar-refractivity contribution is -0.127. The van der Waals surface area contributed by atoms with E-state index < -0.39 is 0 Å². The Morgan fingerprint density at radius 1 is 1.25 bits per heavy atom. The summed E-state index contributed by atoms with van der Waals surface area (Å²) < 4.78 is 0. The number of nitrogens with two attached hydrogens (primary N) is 1. The number of likely N-dealkylation sites (N-methyl/N-ethyl adjacent to an activating group) is 1. The number of nitrogens with zero attached hydrogens (tertiary/aromatic N) is 1. The van der Waals surface area contributed by atoms with Gasteiger partial charge in [-0.1, -0.05) is 12.1 Å². The lowest BCUT2D eigenvalue weighted by Gasteiger charge is -2.24. The van der Waals surface area contributed by atoms with Gasteiger partial charge in [0.25, 0.3) is 5.91 Å². The number of thiophene rings is 1. The number of imide groups is 1. The van der Waals surface area contributed by atoms with Crippen LogP contribution < -0.4 is 5.73 Å². The van der Waals surface area contributed by atoms with Crippen LogP contribution in [0.4, 0.5) is 0 Å². The van der Waals surface area contributed by atoms with Crippen LogP contribution in [0.3, 0.4) is 0 Å². The number of benzene rings is 1. The molecule has 2 amide bonds. The van der Waals surface area contributed by atoms with E-state index in [1.165, 1.54) is 11.9 Å². The minimum Gasteiger partial charge on any atom is -0.320 e. The van der Waals surface area contributed by atoms with Crippen LogP contribution in [0.25, 0.3) is 0 Å². The van der Waals surface area contributed by atoms with E-state index in [0.717, 1.165) is 16.7 Å². The molecule has 5 heteroatoms. The molecule has 2 aromatic rings. The van der Waals surface area contributed by atoms with Crippen LogP contribution in [0, 0.1) is 0 Å². The van der Waals surface area contributed by atoms with Crippen LogP contribution >= 0.6 is 11.3 Å². The number of amides is 2. The Morgan fingerprint density at radius 2 is 2.05 bits per heavy atom. The zero-order valence-electron chi connectivity index (χ0n) is 11.0. The molecule has 2 heterocycles. The van der Waals surface area contributed by atoms with Crippen LogP contribution in [-0.4, -0.2) is 23.8 Å². The Bertz CT molecular complexity index is 679. The highest BCUT2D eigenvalue weighted by molar-refractivity contribution is 7.08. The summed E-state index contributed by atoms with van der Waals surface area (Å²) in [5.41, 5.74) is 9.49. The van der Waals surface area contributed by atoms with E-state index in [0.29, 0.717) is 5.56 Å². The fourth-order valence-corrected chi connectivity index (χ4v) is 3.06. The number of fused-ring (bicyclic) bond motifs is 1. The molecule has 0 saturated carbocycles. The second-order valence-corrected chi connectivity index (χ2v) is 5.67. The Kier molecular flexibility index (Phi) is 3.16. The number of carbonyl (C=O) groups excluding carboxylic acids is 2.